The lowest BCUT2D eigenvalue weighted by Crippen LogP contribution is -2.46. The van der Waals surface area contributed by atoms with Crippen LogP contribution in [-0.4, -0.2) is 60.3 Å². The number of carbonyl (C=O) groups is 2. The summed E-state index contributed by atoms with van der Waals surface area (Å²) in [5, 5.41) is 7.10. The van der Waals surface area contributed by atoms with Gasteiger partial charge in [0.15, 0.2) is 17.9 Å². The molecule has 3 atom stereocenters. The van der Waals surface area contributed by atoms with Crippen LogP contribution in [0.4, 0.5) is 20.7 Å². The molecule has 0 radical (unpaired) electrons. The Morgan fingerprint density at radius 2 is 2.13 bits per heavy atom. The Hall–Kier alpha value is -2.82. The second-order valence-electron chi connectivity index (χ2n) is 7.32. The van der Waals surface area contributed by atoms with Gasteiger partial charge in [0, 0.05) is 41.9 Å². The normalized spacial score (nSPS) is 24.4. The van der Waals surface area contributed by atoms with Crippen LogP contribution < -0.4 is 9.80 Å². The molecule has 30 heavy (non-hydrogen) atoms. The van der Waals surface area contributed by atoms with Gasteiger partial charge in [-0.3, -0.25) is 14.5 Å². The molecule has 2 saturated heterocycles. The van der Waals surface area contributed by atoms with Crippen molar-refractivity contribution >= 4 is 45.8 Å². The Kier molecular flexibility index (Phi) is 5.54. The van der Waals surface area contributed by atoms with E-state index in [4.69, 9.17) is 14.8 Å². The molecule has 1 aromatic carbocycles. The predicted molar refractivity (Wildman–Crippen MR) is 110 cm³/mol. The number of ether oxygens (including phenoxy) is 1. The minimum absolute atomic E-state index is 0.117. The summed E-state index contributed by atoms with van der Waals surface area (Å²) in [6, 6.07) is 1.50. The van der Waals surface area contributed by atoms with E-state index >= 15 is 4.39 Å². The number of hydrogen-bond donors (Lipinski definition) is 0. The lowest BCUT2D eigenvalue weighted by molar-refractivity contribution is -0.00543. The van der Waals surface area contributed by atoms with Crippen LogP contribution in [0.15, 0.2) is 15.7 Å². The van der Waals surface area contributed by atoms with Crippen LogP contribution in [0.2, 0.25) is 0 Å². The highest BCUT2D eigenvalue weighted by Crippen LogP contribution is 2.39. The fraction of sp³-hybridized carbons (Fsp3) is 0.500. The number of rotatable bonds is 5. The monoisotopic (exact) mass is 434 g/mol. The lowest BCUT2D eigenvalue weighted by atomic mass is 10.1. The molecule has 4 rings (SSSR count). The van der Waals surface area contributed by atoms with E-state index in [-0.39, 0.29) is 63.8 Å². The van der Waals surface area contributed by atoms with Crippen molar-refractivity contribution < 1.29 is 23.2 Å². The van der Waals surface area contributed by atoms with Crippen molar-refractivity contribution in [3.8, 4) is 0 Å². The van der Waals surface area contributed by atoms with Crippen LogP contribution in [0.25, 0.3) is 21.4 Å². The number of halogens is 1. The topological polar surface area (TPSA) is 125 Å². The number of anilines is 2. The smallest absolute Gasteiger partial charge is 0.287 e. The summed E-state index contributed by atoms with van der Waals surface area (Å²) in [7, 11) is 0. The third-order valence-electron chi connectivity index (χ3n) is 5.03. The number of aldehydes is 1. The van der Waals surface area contributed by atoms with Gasteiger partial charge in [-0.2, -0.15) is 0 Å². The standard InChI is InChI=1S/C18H19FN6O4S/c1-9-5-24(6-10(2)28-9)15-11(8-26)3-13-16(14(15)19)29-22-17(13)25-7-12(4-21-23-20)30-18(25)27/h3,8-10,12H,4-7H2,1-2H3/t9-,10-,12+/m1/s1. The molecule has 12 heteroatoms. The van der Waals surface area contributed by atoms with Crippen molar-refractivity contribution in [2.45, 2.75) is 31.3 Å². The minimum Gasteiger partial charge on any atom is -0.372 e. The van der Waals surface area contributed by atoms with Gasteiger partial charge in [-0.25, -0.2) is 4.39 Å². The zero-order chi connectivity index (χ0) is 21.4. The molecule has 0 aliphatic carbocycles. The highest BCUT2D eigenvalue weighted by atomic mass is 32.2. The average Bonchev–Trinajstić information content (AvgIpc) is 3.28. The van der Waals surface area contributed by atoms with Gasteiger partial charge < -0.3 is 14.2 Å². The van der Waals surface area contributed by atoms with Crippen molar-refractivity contribution in [1.29, 1.82) is 0 Å². The summed E-state index contributed by atoms with van der Waals surface area (Å²) >= 11 is 1.02. The number of nitrogens with zero attached hydrogens (tertiary/aromatic N) is 6. The summed E-state index contributed by atoms with van der Waals surface area (Å²) < 4.78 is 26.4. The lowest BCUT2D eigenvalue weighted by Gasteiger charge is -2.37. The van der Waals surface area contributed by atoms with E-state index in [1.165, 1.54) is 11.0 Å². The van der Waals surface area contributed by atoms with Crippen molar-refractivity contribution in [1.82, 2.24) is 5.16 Å². The van der Waals surface area contributed by atoms with Gasteiger partial charge in [0.05, 0.1) is 23.3 Å². The van der Waals surface area contributed by atoms with Gasteiger partial charge in [0.1, 0.15) is 0 Å². The van der Waals surface area contributed by atoms with Crippen LogP contribution in [-0.2, 0) is 4.74 Å². The Balaban J connectivity index is 1.74. The fourth-order valence-corrected chi connectivity index (χ4v) is 4.86. The van der Waals surface area contributed by atoms with Gasteiger partial charge >= 0.3 is 0 Å². The zero-order valence-corrected chi connectivity index (χ0v) is 17.1. The van der Waals surface area contributed by atoms with Crippen molar-refractivity contribution in [2.24, 2.45) is 5.11 Å². The average molecular weight is 434 g/mol. The molecule has 2 aromatic rings. The van der Waals surface area contributed by atoms with Crippen LogP contribution in [0.5, 0.6) is 0 Å². The highest BCUT2D eigenvalue weighted by molar-refractivity contribution is 8.14. The highest BCUT2D eigenvalue weighted by Gasteiger charge is 2.36. The molecular weight excluding hydrogens is 415 g/mol. The third kappa shape index (κ3) is 3.57. The maximum Gasteiger partial charge on any atom is 0.287 e. The first-order valence-electron chi connectivity index (χ1n) is 9.39. The van der Waals surface area contributed by atoms with E-state index < -0.39 is 5.82 Å². The Morgan fingerprint density at radius 3 is 2.80 bits per heavy atom. The van der Waals surface area contributed by atoms with Crippen LogP contribution in [0.1, 0.15) is 24.2 Å². The first-order valence-corrected chi connectivity index (χ1v) is 10.3. The predicted octanol–water partition coefficient (Wildman–Crippen LogP) is 3.75. The molecule has 2 fully saturated rings. The number of hydrogen-bond acceptors (Lipinski definition) is 8. The molecular formula is C18H19FN6O4S. The fourth-order valence-electron chi connectivity index (χ4n) is 3.92. The van der Waals surface area contributed by atoms with Gasteiger partial charge in [-0.1, -0.05) is 22.0 Å². The maximum absolute atomic E-state index is 15.5. The van der Waals surface area contributed by atoms with Crippen molar-refractivity contribution in [2.75, 3.05) is 36.0 Å². The Labute approximate surface area is 174 Å². The van der Waals surface area contributed by atoms with Crippen LogP contribution in [0, 0.1) is 5.82 Å². The SMILES string of the molecule is C[C@@H]1CN(c2c(C=O)cc3c(N4C[C@H](CN=[N+]=[N-])SC4=O)noc3c2F)C[C@@H](C)O1. The van der Waals surface area contributed by atoms with E-state index in [1.54, 1.807) is 4.90 Å². The largest absolute Gasteiger partial charge is 0.372 e. The second-order valence-corrected chi connectivity index (χ2v) is 8.57. The molecule has 2 aliphatic rings. The molecule has 0 saturated carbocycles. The quantitative estimate of drug-likeness (QED) is 0.304. The van der Waals surface area contributed by atoms with Gasteiger partial charge in [-0.05, 0) is 25.4 Å². The second kappa shape index (κ2) is 8.13. The summed E-state index contributed by atoms with van der Waals surface area (Å²) in [6.07, 6.45) is 0.339. The Morgan fingerprint density at radius 1 is 1.40 bits per heavy atom. The molecule has 0 N–H and O–H groups in total. The summed E-state index contributed by atoms with van der Waals surface area (Å²) in [4.78, 5) is 30.0. The molecule has 2 aliphatic heterocycles. The number of thioether (sulfide) groups is 1. The number of fused-ring (bicyclic) bond motifs is 1. The molecule has 1 aromatic heterocycles. The first-order chi connectivity index (χ1) is 14.4. The number of amides is 1. The molecule has 0 unspecified atom stereocenters. The molecule has 0 spiro atoms. The van der Waals surface area contributed by atoms with E-state index in [9.17, 15) is 9.59 Å². The van der Waals surface area contributed by atoms with E-state index in [0.29, 0.717) is 19.4 Å². The number of carbonyl (C=O) groups excluding carboxylic acids is 2. The number of azide groups is 1. The van der Waals surface area contributed by atoms with Crippen molar-refractivity contribution in [3.63, 3.8) is 0 Å². The molecule has 0 bridgehead atoms. The van der Waals surface area contributed by atoms with E-state index in [1.807, 2.05) is 13.8 Å². The maximum atomic E-state index is 15.5. The number of morpholine rings is 1. The minimum atomic E-state index is -0.695. The number of aromatic nitrogens is 1. The van der Waals surface area contributed by atoms with E-state index in [2.05, 4.69) is 15.2 Å². The van der Waals surface area contributed by atoms with E-state index in [0.717, 1.165) is 11.8 Å². The van der Waals surface area contributed by atoms with Crippen LogP contribution >= 0.6 is 11.8 Å². The van der Waals surface area contributed by atoms with Gasteiger partial charge in [0.25, 0.3) is 5.24 Å². The first kappa shape index (κ1) is 20.5. The molecule has 1 amide bonds. The molecule has 3 heterocycles. The summed E-state index contributed by atoms with van der Waals surface area (Å²) in [5.74, 6) is -0.553. The zero-order valence-electron chi connectivity index (χ0n) is 16.3. The summed E-state index contributed by atoms with van der Waals surface area (Å²) in [5.41, 5.74) is 8.65. The molecule has 158 valence electrons. The Bertz CT molecular complexity index is 1040. The number of benzene rings is 1. The van der Waals surface area contributed by atoms with Gasteiger partial charge in [-0.15, -0.1) is 0 Å². The van der Waals surface area contributed by atoms with Crippen molar-refractivity contribution in [3.05, 3.63) is 27.9 Å². The molecule has 10 nitrogen and oxygen atoms in total. The van der Waals surface area contributed by atoms with Crippen LogP contribution in [0.3, 0.4) is 0 Å². The third-order valence-corrected chi connectivity index (χ3v) is 6.08. The summed E-state index contributed by atoms with van der Waals surface area (Å²) in [6.45, 7) is 5.01. The van der Waals surface area contributed by atoms with Gasteiger partial charge in [0.2, 0.25) is 5.58 Å².